The number of hydrogen-bond acceptors (Lipinski definition) is 4. The first-order valence-electron chi connectivity index (χ1n) is 7.67. The second-order valence-corrected chi connectivity index (χ2v) is 5.55. The van der Waals surface area contributed by atoms with Crippen molar-refractivity contribution in [2.75, 3.05) is 18.6 Å². The average Bonchev–Trinajstić information content (AvgIpc) is 2.59. The number of nitrogens with zero attached hydrogens (tertiary/aromatic N) is 1. The molecule has 0 aromatic heterocycles. The molecule has 2 aromatic carbocycles. The topological polar surface area (TPSA) is 59.0 Å². The fourth-order valence-corrected chi connectivity index (χ4v) is 2.74. The molecule has 1 amide bonds. The Hall–Kier alpha value is -2.95. The number of ether oxygens (including phenoxy) is 2. The van der Waals surface area contributed by atoms with Crippen LogP contribution in [0.4, 0.5) is 5.69 Å². The van der Waals surface area contributed by atoms with E-state index in [0.29, 0.717) is 24.4 Å². The molecule has 1 aliphatic rings. The molecule has 5 heteroatoms. The summed E-state index contributed by atoms with van der Waals surface area (Å²) < 4.78 is 11.0. The predicted octanol–water partition coefficient (Wildman–Crippen LogP) is 2.92. The van der Waals surface area contributed by atoms with Crippen LogP contribution in [-0.4, -0.2) is 30.8 Å². The average molecular weight is 325 g/mol. The lowest BCUT2D eigenvalue weighted by molar-refractivity contribution is -0.126. The van der Waals surface area contributed by atoms with E-state index in [-0.39, 0.29) is 11.7 Å². The summed E-state index contributed by atoms with van der Waals surface area (Å²) in [4.78, 5) is 14.4. The van der Waals surface area contributed by atoms with E-state index in [1.165, 1.54) is 12.1 Å². The Bertz CT molecular complexity index is 754. The van der Waals surface area contributed by atoms with Crippen molar-refractivity contribution in [3.8, 4) is 17.2 Å². The molecule has 0 saturated carbocycles. The Morgan fingerprint density at radius 2 is 2.04 bits per heavy atom. The molecule has 0 saturated heterocycles. The van der Waals surface area contributed by atoms with Crippen molar-refractivity contribution >= 4 is 11.6 Å². The molecule has 0 aliphatic carbocycles. The largest absolute Gasteiger partial charge is 0.508 e. The van der Waals surface area contributed by atoms with E-state index < -0.39 is 6.10 Å². The van der Waals surface area contributed by atoms with Gasteiger partial charge in [-0.1, -0.05) is 18.2 Å². The highest BCUT2D eigenvalue weighted by atomic mass is 16.5. The van der Waals surface area contributed by atoms with Gasteiger partial charge in [0, 0.05) is 19.0 Å². The maximum Gasteiger partial charge on any atom is 0.268 e. The molecule has 1 N–H and O–H groups in total. The van der Waals surface area contributed by atoms with E-state index in [1.807, 2.05) is 24.3 Å². The minimum absolute atomic E-state index is 0.102. The van der Waals surface area contributed by atoms with Crippen molar-refractivity contribution in [3.63, 3.8) is 0 Å². The summed E-state index contributed by atoms with van der Waals surface area (Å²) in [5.74, 6) is 1.24. The van der Waals surface area contributed by atoms with Crippen LogP contribution in [0.5, 0.6) is 17.2 Å². The molecule has 5 nitrogen and oxygen atoms in total. The first-order chi connectivity index (χ1) is 11.6. The lowest BCUT2D eigenvalue weighted by Crippen LogP contribution is -2.47. The number of phenolic OH excluding ortho intramolecular Hbond substituents is 1. The Balaban J connectivity index is 1.88. The number of fused-ring (bicyclic) bond motifs is 1. The molecule has 1 unspecified atom stereocenters. The van der Waals surface area contributed by atoms with E-state index in [4.69, 9.17) is 9.47 Å². The molecule has 0 bridgehead atoms. The van der Waals surface area contributed by atoms with Gasteiger partial charge in [0.05, 0.1) is 12.8 Å². The molecule has 24 heavy (non-hydrogen) atoms. The van der Waals surface area contributed by atoms with Crippen molar-refractivity contribution in [2.45, 2.75) is 12.5 Å². The minimum Gasteiger partial charge on any atom is -0.508 e. The number of phenols is 1. The molecular weight excluding hydrogens is 306 g/mol. The maximum absolute atomic E-state index is 12.8. The summed E-state index contributed by atoms with van der Waals surface area (Å²) in [7, 11) is 1.61. The molecule has 0 spiro atoms. The lowest BCUT2D eigenvalue weighted by atomic mass is 10.0. The van der Waals surface area contributed by atoms with Crippen LogP contribution >= 0.6 is 0 Å². The van der Waals surface area contributed by atoms with Gasteiger partial charge in [0.1, 0.15) is 17.2 Å². The van der Waals surface area contributed by atoms with Gasteiger partial charge in [-0.05, 0) is 29.8 Å². The fraction of sp³-hybridized carbons (Fsp3) is 0.211. The Labute approximate surface area is 140 Å². The van der Waals surface area contributed by atoms with Crippen molar-refractivity contribution in [1.29, 1.82) is 0 Å². The number of aromatic hydroxyl groups is 1. The van der Waals surface area contributed by atoms with Crippen LogP contribution < -0.4 is 14.4 Å². The third-order valence-electron chi connectivity index (χ3n) is 3.94. The summed E-state index contributed by atoms with van der Waals surface area (Å²) in [6, 6.07) is 12.3. The van der Waals surface area contributed by atoms with Gasteiger partial charge in [-0.25, -0.2) is 0 Å². The first kappa shape index (κ1) is 15.9. The predicted molar refractivity (Wildman–Crippen MR) is 91.8 cm³/mol. The molecule has 0 radical (unpaired) electrons. The molecule has 124 valence electrons. The Morgan fingerprint density at radius 1 is 1.29 bits per heavy atom. The van der Waals surface area contributed by atoms with Crippen LogP contribution in [-0.2, 0) is 11.2 Å². The number of amides is 1. The highest BCUT2D eigenvalue weighted by Crippen LogP contribution is 2.37. The second kappa shape index (κ2) is 6.66. The fourth-order valence-electron chi connectivity index (χ4n) is 2.74. The summed E-state index contributed by atoms with van der Waals surface area (Å²) >= 11 is 0. The van der Waals surface area contributed by atoms with Gasteiger partial charge >= 0.3 is 0 Å². The summed E-state index contributed by atoms with van der Waals surface area (Å²) in [6.07, 6.45) is 1.46. The van der Waals surface area contributed by atoms with Crippen LogP contribution in [0.2, 0.25) is 0 Å². The molecular formula is C19H19NO4. The van der Waals surface area contributed by atoms with E-state index in [1.54, 1.807) is 24.2 Å². The van der Waals surface area contributed by atoms with Gasteiger partial charge in [0.2, 0.25) is 0 Å². The van der Waals surface area contributed by atoms with E-state index in [9.17, 15) is 9.90 Å². The second-order valence-electron chi connectivity index (χ2n) is 5.55. The molecule has 1 aliphatic heterocycles. The lowest BCUT2D eigenvalue weighted by Gasteiger charge is -2.34. The van der Waals surface area contributed by atoms with Crippen molar-refractivity contribution < 1.29 is 19.4 Å². The zero-order valence-corrected chi connectivity index (χ0v) is 13.4. The van der Waals surface area contributed by atoms with Crippen molar-refractivity contribution in [2.24, 2.45) is 0 Å². The molecule has 3 rings (SSSR count). The Morgan fingerprint density at radius 3 is 2.71 bits per heavy atom. The Kier molecular flexibility index (Phi) is 4.42. The molecule has 1 heterocycles. The number of anilines is 1. The zero-order valence-electron chi connectivity index (χ0n) is 13.4. The minimum atomic E-state index is -0.646. The van der Waals surface area contributed by atoms with Gasteiger partial charge in [-0.2, -0.15) is 0 Å². The van der Waals surface area contributed by atoms with Crippen LogP contribution in [0.1, 0.15) is 5.56 Å². The van der Waals surface area contributed by atoms with Gasteiger partial charge in [0.15, 0.2) is 6.10 Å². The monoisotopic (exact) mass is 325 g/mol. The van der Waals surface area contributed by atoms with Crippen molar-refractivity contribution in [1.82, 2.24) is 0 Å². The van der Waals surface area contributed by atoms with Crippen LogP contribution in [0.3, 0.4) is 0 Å². The standard InChI is InChI=1S/C19H19NO4/c1-3-10-20-16-9-6-14(21)12-17(16)24-18(19(20)22)11-13-4-7-15(23-2)8-5-13/h3-9,12,18,21H,1,10-11H2,2H3. The summed E-state index contributed by atoms with van der Waals surface area (Å²) in [5, 5.41) is 9.69. The molecule has 2 aromatic rings. The molecule has 0 fully saturated rings. The third kappa shape index (κ3) is 3.06. The van der Waals surface area contributed by atoms with Crippen molar-refractivity contribution in [3.05, 3.63) is 60.7 Å². The van der Waals surface area contributed by atoms with E-state index in [2.05, 4.69) is 6.58 Å². The highest BCUT2D eigenvalue weighted by molar-refractivity contribution is 6.00. The first-order valence-corrected chi connectivity index (χ1v) is 7.67. The maximum atomic E-state index is 12.8. The van der Waals surface area contributed by atoms with E-state index >= 15 is 0 Å². The van der Waals surface area contributed by atoms with Gasteiger partial charge in [-0.3, -0.25) is 4.79 Å². The van der Waals surface area contributed by atoms with Gasteiger partial charge < -0.3 is 19.5 Å². The molecule has 1 atom stereocenters. The summed E-state index contributed by atoms with van der Waals surface area (Å²) in [6.45, 7) is 4.10. The van der Waals surface area contributed by atoms with Gasteiger partial charge in [-0.15, -0.1) is 6.58 Å². The zero-order chi connectivity index (χ0) is 17.1. The van der Waals surface area contributed by atoms with Crippen LogP contribution in [0.25, 0.3) is 0 Å². The third-order valence-corrected chi connectivity index (χ3v) is 3.94. The highest BCUT2D eigenvalue weighted by Gasteiger charge is 2.34. The number of carbonyl (C=O) groups excluding carboxylic acids is 1. The van der Waals surface area contributed by atoms with E-state index in [0.717, 1.165) is 11.3 Å². The number of rotatable bonds is 5. The quantitative estimate of drug-likeness (QED) is 0.859. The number of benzene rings is 2. The van der Waals surface area contributed by atoms with Crippen LogP contribution in [0, 0.1) is 0 Å². The smallest absolute Gasteiger partial charge is 0.268 e. The van der Waals surface area contributed by atoms with Gasteiger partial charge in [0.25, 0.3) is 5.91 Å². The van der Waals surface area contributed by atoms with Crippen LogP contribution in [0.15, 0.2) is 55.1 Å². The SMILES string of the molecule is C=CCN1C(=O)C(Cc2ccc(OC)cc2)Oc2cc(O)ccc21. The summed E-state index contributed by atoms with van der Waals surface area (Å²) in [5.41, 5.74) is 1.61. The number of methoxy groups -OCH3 is 1. The number of hydrogen-bond donors (Lipinski definition) is 1. The normalized spacial score (nSPS) is 16.3. The number of carbonyl (C=O) groups is 1.